The van der Waals surface area contributed by atoms with Crippen LogP contribution in [0.1, 0.15) is 55.2 Å². The average molecular weight is 597 g/mol. The Morgan fingerprint density at radius 2 is 1.84 bits per heavy atom. The molecule has 0 unspecified atom stereocenters. The van der Waals surface area contributed by atoms with Gasteiger partial charge in [0.2, 0.25) is 17.7 Å². The fourth-order valence-corrected chi connectivity index (χ4v) is 7.79. The first-order chi connectivity index (χ1) is 21.3. The van der Waals surface area contributed by atoms with Crippen molar-refractivity contribution in [3.63, 3.8) is 0 Å². The van der Waals surface area contributed by atoms with Gasteiger partial charge in [0.15, 0.2) is 0 Å². The van der Waals surface area contributed by atoms with E-state index in [4.69, 9.17) is 0 Å². The minimum atomic E-state index is -0.589. The van der Waals surface area contributed by atoms with Gasteiger partial charge >= 0.3 is 0 Å². The zero-order chi connectivity index (χ0) is 30.4. The molecule has 4 aliphatic rings. The van der Waals surface area contributed by atoms with Crippen LogP contribution in [0.5, 0.6) is 0 Å². The number of aromatic nitrogens is 2. The van der Waals surface area contributed by atoms with Crippen LogP contribution >= 0.6 is 0 Å². The summed E-state index contributed by atoms with van der Waals surface area (Å²) in [6.45, 7) is 5.31. The summed E-state index contributed by atoms with van der Waals surface area (Å²) >= 11 is 0. The first-order valence-electron chi connectivity index (χ1n) is 16.4. The van der Waals surface area contributed by atoms with Gasteiger partial charge in [0, 0.05) is 38.6 Å². The molecule has 3 aromatic rings. The van der Waals surface area contributed by atoms with Crippen molar-refractivity contribution in [2.24, 2.45) is 24.3 Å². The lowest BCUT2D eigenvalue weighted by molar-refractivity contribution is -0.147. The predicted molar refractivity (Wildman–Crippen MR) is 168 cm³/mol. The molecule has 4 atom stereocenters. The van der Waals surface area contributed by atoms with Crippen LogP contribution in [-0.2, 0) is 34.4 Å². The largest absolute Gasteiger partial charge is 0.350 e. The maximum absolute atomic E-state index is 14.4. The quantitative estimate of drug-likeness (QED) is 0.436. The SMILES string of the molecule is Cc1ccc(C[C@@H]2C[C@@H](C(=O)NCc3ccc4c(cnn4C)c3)N(C(=O)[C@@H]3NCCC[C@@H]3C(=O)N3CCC4(CC4)C3)C2)cc1. The minimum absolute atomic E-state index is 0.105. The predicted octanol–water partition coefficient (Wildman–Crippen LogP) is 3.34. The second-order valence-corrected chi connectivity index (χ2v) is 13.9. The van der Waals surface area contributed by atoms with Crippen LogP contribution in [0, 0.1) is 24.2 Å². The number of aryl methyl sites for hydroxylation is 2. The maximum atomic E-state index is 14.4. The Balaban J connectivity index is 1.08. The number of hydrogen-bond donors (Lipinski definition) is 2. The van der Waals surface area contributed by atoms with Crippen LogP contribution in [-0.4, -0.2) is 75.6 Å². The van der Waals surface area contributed by atoms with E-state index in [1.807, 2.05) is 41.0 Å². The number of nitrogens with zero attached hydrogens (tertiary/aromatic N) is 4. The molecule has 1 spiro atoms. The number of piperidine rings is 1. The molecular weight excluding hydrogens is 552 g/mol. The highest BCUT2D eigenvalue weighted by atomic mass is 16.2. The Morgan fingerprint density at radius 3 is 2.61 bits per heavy atom. The van der Waals surface area contributed by atoms with Gasteiger partial charge < -0.3 is 20.4 Å². The topological polar surface area (TPSA) is 99.6 Å². The molecule has 1 saturated carbocycles. The van der Waals surface area contributed by atoms with E-state index in [0.717, 1.165) is 48.8 Å². The molecule has 2 aromatic carbocycles. The average Bonchev–Trinajstić information content (AvgIpc) is 3.31. The first-order valence-corrected chi connectivity index (χ1v) is 16.4. The van der Waals surface area contributed by atoms with E-state index >= 15 is 0 Å². The molecule has 9 heteroatoms. The van der Waals surface area contributed by atoms with Crippen molar-refractivity contribution in [1.82, 2.24) is 30.2 Å². The summed E-state index contributed by atoms with van der Waals surface area (Å²) in [4.78, 5) is 45.7. The summed E-state index contributed by atoms with van der Waals surface area (Å²) in [5.41, 5.74) is 4.80. The molecule has 2 N–H and O–H groups in total. The lowest BCUT2D eigenvalue weighted by Gasteiger charge is -2.36. The number of carbonyl (C=O) groups is 3. The fourth-order valence-electron chi connectivity index (χ4n) is 7.79. The number of benzene rings is 2. The summed E-state index contributed by atoms with van der Waals surface area (Å²) in [6, 6.07) is 13.4. The highest BCUT2D eigenvalue weighted by Gasteiger charge is 2.51. The lowest BCUT2D eigenvalue weighted by Crippen LogP contribution is -2.59. The van der Waals surface area contributed by atoms with E-state index in [0.29, 0.717) is 37.9 Å². The second-order valence-electron chi connectivity index (χ2n) is 13.9. The van der Waals surface area contributed by atoms with Gasteiger partial charge in [-0.05, 0) is 93.0 Å². The molecule has 1 aromatic heterocycles. The van der Waals surface area contributed by atoms with Crippen LogP contribution < -0.4 is 10.6 Å². The van der Waals surface area contributed by atoms with Gasteiger partial charge in [-0.3, -0.25) is 19.1 Å². The monoisotopic (exact) mass is 596 g/mol. The molecule has 0 radical (unpaired) electrons. The normalized spacial score (nSPS) is 26.0. The van der Waals surface area contributed by atoms with E-state index in [1.165, 1.54) is 24.0 Å². The van der Waals surface area contributed by atoms with Crippen LogP contribution in [0.3, 0.4) is 0 Å². The van der Waals surface area contributed by atoms with Crippen LogP contribution in [0.4, 0.5) is 0 Å². The summed E-state index contributed by atoms with van der Waals surface area (Å²) in [5, 5.41) is 11.9. The summed E-state index contributed by atoms with van der Waals surface area (Å²) in [6.07, 6.45) is 8.33. The molecule has 3 saturated heterocycles. The Labute approximate surface area is 259 Å². The summed E-state index contributed by atoms with van der Waals surface area (Å²) in [7, 11) is 1.91. The third kappa shape index (κ3) is 5.74. The third-order valence-corrected chi connectivity index (χ3v) is 10.6. The molecule has 3 amide bonds. The first kappa shape index (κ1) is 29.0. The summed E-state index contributed by atoms with van der Waals surface area (Å²) < 4.78 is 1.83. The van der Waals surface area contributed by atoms with E-state index in [9.17, 15) is 14.4 Å². The number of fused-ring (bicyclic) bond motifs is 1. The number of likely N-dealkylation sites (tertiary alicyclic amines) is 2. The Bertz CT molecular complexity index is 1560. The summed E-state index contributed by atoms with van der Waals surface area (Å²) in [5.74, 6) is -0.343. The molecule has 4 fully saturated rings. The zero-order valence-corrected chi connectivity index (χ0v) is 25.9. The molecule has 1 aliphatic carbocycles. The van der Waals surface area contributed by atoms with Crippen LogP contribution in [0.2, 0.25) is 0 Å². The Hall–Kier alpha value is -3.72. The maximum Gasteiger partial charge on any atom is 0.243 e. The molecule has 7 rings (SSSR count). The number of hydrogen-bond acceptors (Lipinski definition) is 5. The van der Waals surface area contributed by atoms with E-state index < -0.39 is 12.1 Å². The number of amides is 3. The molecule has 4 heterocycles. The van der Waals surface area contributed by atoms with Gasteiger partial charge in [0.05, 0.1) is 23.7 Å². The zero-order valence-electron chi connectivity index (χ0n) is 25.9. The van der Waals surface area contributed by atoms with Crippen LogP contribution in [0.15, 0.2) is 48.7 Å². The van der Waals surface area contributed by atoms with Crippen molar-refractivity contribution in [3.05, 3.63) is 65.4 Å². The van der Waals surface area contributed by atoms with Gasteiger partial charge in [-0.25, -0.2) is 0 Å². The van der Waals surface area contributed by atoms with E-state index in [-0.39, 0.29) is 29.6 Å². The number of rotatable bonds is 7. The molecule has 9 nitrogen and oxygen atoms in total. The third-order valence-electron chi connectivity index (χ3n) is 10.6. The van der Waals surface area contributed by atoms with E-state index in [2.05, 4.69) is 46.9 Å². The van der Waals surface area contributed by atoms with Gasteiger partial charge in [0.1, 0.15) is 6.04 Å². The minimum Gasteiger partial charge on any atom is -0.350 e. The van der Waals surface area contributed by atoms with Crippen molar-refractivity contribution in [1.29, 1.82) is 0 Å². The Morgan fingerprint density at radius 1 is 1.05 bits per heavy atom. The highest BCUT2D eigenvalue weighted by molar-refractivity contribution is 5.94. The van der Waals surface area contributed by atoms with E-state index in [1.54, 1.807) is 4.90 Å². The molecule has 44 heavy (non-hydrogen) atoms. The lowest BCUT2D eigenvalue weighted by atomic mass is 9.88. The van der Waals surface area contributed by atoms with Gasteiger partial charge in [-0.2, -0.15) is 5.10 Å². The van der Waals surface area contributed by atoms with Crippen molar-refractivity contribution in [2.45, 2.75) is 70.5 Å². The fraction of sp³-hybridized carbons (Fsp3) is 0.543. The standard InChI is InChI=1S/C35H44N6O3/c1-23-5-7-24(8-6-23)16-26-18-30(32(42)37-19-25-9-10-29-27(17-25)20-38-39(29)2)41(21-26)34(44)31-28(4-3-14-36-31)33(43)40-15-13-35(22-40)11-12-35/h5-10,17,20,26,28,30-31,36H,3-4,11-16,18-19,21-22H2,1-2H3,(H,37,42)/t26-,28+,30+,31-/m1/s1. The number of carbonyl (C=O) groups excluding carboxylic acids is 3. The van der Waals surface area contributed by atoms with Crippen molar-refractivity contribution in [3.8, 4) is 0 Å². The van der Waals surface area contributed by atoms with Gasteiger partial charge in [-0.15, -0.1) is 0 Å². The molecule has 0 bridgehead atoms. The second kappa shape index (κ2) is 11.7. The Kier molecular flexibility index (Phi) is 7.69. The number of nitrogens with one attached hydrogen (secondary N) is 2. The molecule has 232 valence electrons. The smallest absolute Gasteiger partial charge is 0.243 e. The van der Waals surface area contributed by atoms with Gasteiger partial charge in [-0.1, -0.05) is 35.9 Å². The van der Waals surface area contributed by atoms with Crippen LogP contribution in [0.25, 0.3) is 10.9 Å². The van der Waals surface area contributed by atoms with Crippen molar-refractivity contribution in [2.75, 3.05) is 26.2 Å². The molecule has 3 aliphatic heterocycles. The van der Waals surface area contributed by atoms with Crippen molar-refractivity contribution >= 4 is 28.6 Å². The van der Waals surface area contributed by atoms with Crippen molar-refractivity contribution < 1.29 is 14.4 Å². The molecular formula is C35H44N6O3. The van der Waals surface area contributed by atoms with Gasteiger partial charge in [0.25, 0.3) is 0 Å². The highest BCUT2D eigenvalue weighted by Crippen LogP contribution is 2.53.